The SMILES string of the molecule is CNC1CC2CCCC(C1)N2C1CCCOC1. The molecule has 1 N–H and O–H groups in total. The molecule has 0 amide bonds. The molecule has 3 nitrogen and oxygen atoms in total. The third-order valence-corrected chi connectivity index (χ3v) is 5.00. The highest BCUT2D eigenvalue weighted by atomic mass is 16.5. The van der Waals surface area contributed by atoms with Crippen LogP contribution in [0.4, 0.5) is 0 Å². The molecule has 3 atom stereocenters. The molecule has 3 fully saturated rings. The third kappa shape index (κ3) is 2.38. The first kappa shape index (κ1) is 11.9. The third-order valence-electron chi connectivity index (χ3n) is 5.00. The predicted octanol–water partition coefficient (Wildman–Crippen LogP) is 1.77. The second-order valence-electron chi connectivity index (χ2n) is 6.01. The van der Waals surface area contributed by atoms with Crippen LogP contribution in [-0.2, 0) is 4.74 Å². The van der Waals surface area contributed by atoms with Gasteiger partial charge in [-0.3, -0.25) is 4.90 Å². The summed E-state index contributed by atoms with van der Waals surface area (Å²) in [7, 11) is 2.12. The lowest BCUT2D eigenvalue weighted by molar-refractivity contribution is -0.0622. The zero-order valence-corrected chi connectivity index (χ0v) is 11.0. The van der Waals surface area contributed by atoms with E-state index in [0.717, 1.165) is 37.4 Å². The molecule has 0 spiro atoms. The van der Waals surface area contributed by atoms with Crippen LogP contribution in [0.5, 0.6) is 0 Å². The van der Waals surface area contributed by atoms with Gasteiger partial charge in [-0.15, -0.1) is 0 Å². The minimum Gasteiger partial charge on any atom is -0.380 e. The molecule has 3 aliphatic heterocycles. The molecule has 0 aliphatic carbocycles. The Labute approximate surface area is 105 Å². The van der Waals surface area contributed by atoms with Gasteiger partial charge in [0.2, 0.25) is 0 Å². The monoisotopic (exact) mass is 238 g/mol. The highest BCUT2D eigenvalue weighted by Gasteiger charge is 2.41. The Bertz CT molecular complexity index is 239. The van der Waals surface area contributed by atoms with E-state index in [0.29, 0.717) is 0 Å². The van der Waals surface area contributed by atoms with E-state index in [-0.39, 0.29) is 0 Å². The fraction of sp³-hybridized carbons (Fsp3) is 1.00. The van der Waals surface area contributed by atoms with E-state index in [1.807, 2.05) is 0 Å². The average Bonchev–Trinajstić information content (AvgIpc) is 2.38. The van der Waals surface area contributed by atoms with Crippen LogP contribution < -0.4 is 5.32 Å². The molecule has 98 valence electrons. The van der Waals surface area contributed by atoms with Gasteiger partial charge < -0.3 is 10.1 Å². The number of ether oxygens (including phenoxy) is 1. The number of hydrogen-bond donors (Lipinski definition) is 1. The molecule has 0 aromatic carbocycles. The standard InChI is InChI=1S/C14H26N2O/c1-15-11-8-12-4-2-5-13(9-11)16(12)14-6-3-7-17-10-14/h11-15H,2-10H2,1H3. The number of hydrogen-bond acceptors (Lipinski definition) is 3. The zero-order chi connectivity index (χ0) is 11.7. The van der Waals surface area contributed by atoms with E-state index in [1.54, 1.807) is 0 Å². The lowest BCUT2D eigenvalue weighted by Gasteiger charge is -2.53. The van der Waals surface area contributed by atoms with Crippen molar-refractivity contribution in [3.05, 3.63) is 0 Å². The molecular weight excluding hydrogens is 212 g/mol. The summed E-state index contributed by atoms with van der Waals surface area (Å²) in [5.41, 5.74) is 0. The Morgan fingerprint density at radius 3 is 2.29 bits per heavy atom. The number of nitrogens with one attached hydrogen (secondary N) is 1. The Morgan fingerprint density at radius 1 is 1.00 bits per heavy atom. The van der Waals surface area contributed by atoms with Gasteiger partial charge in [0.15, 0.2) is 0 Å². The predicted molar refractivity (Wildman–Crippen MR) is 69.2 cm³/mol. The van der Waals surface area contributed by atoms with Crippen LogP contribution in [0.15, 0.2) is 0 Å². The minimum atomic E-state index is 0.719. The summed E-state index contributed by atoms with van der Waals surface area (Å²) in [5, 5.41) is 3.50. The second kappa shape index (κ2) is 5.25. The van der Waals surface area contributed by atoms with Crippen molar-refractivity contribution in [2.45, 2.75) is 69.1 Å². The fourth-order valence-electron chi connectivity index (χ4n) is 4.21. The Balaban J connectivity index is 1.70. The summed E-state index contributed by atoms with van der Waals surface area (Å²) in [6.45, 7) is 1.97. The van der Waals surface area contributed by atoms with Gasteiger partial charge in [-0.2, -0.15) is 0 Å². The van der Waals surface area contributed by atoms with Gasteiger partial charge in [0, 0.05) is 30.8 Å². The van der Waals surface area contributed by atoms with Gasteiger partial charge in [0.05, 0.1) is 6.61 Å². The van der Waals surface area contributed by atoms with Crippen LogP contribution in [0.3, 0.4) is 0 Å². The maximum absolute atomic E-state index is 5.70. The molecule has 3 rings (SSSR count). The van der Waals surface area contributed by atoms with Crippen molar-refractivity contribution >= 4 is 0 Å². The van der Waals surface area contributed by atoms with Crippen molar-refractivity contribution in [1.29, 1.82) is 0 Å². The van der Waals surface area contributed by atoms with Crippen molar-refractivity contribution in [3.63, 3.8) is 0 Å². The van der Waals surface area contributed by atoms with Gasteiger partial charge in [0.25, 0.3) is 0 Å². The summed E-state index contributed by atoms with van der Waals surface area (Å²) in [6.07, 6.45) is 9.58. The molecule has 3 saturated heterocycles. The van der Waals surface area contributed by atoms with Gasteiger partial charge in [-0.05, 0) is 45.6 Å². The topological polar surface area (TPSA) is 24.5 Å². The van der Waals surface area contributed by atoms with E-state index in [4.69, 9.17) is 4.74 Å². The lowest BCUT2D eigenvalue weighted by atomic mass is 9.80. The summed E-state index contributed by atoms with van der Waals surface area (Å²) in [6, 6.07) is 3.13. The maximum Gasteiger partial charge on any atom is 0.0622 e. The molecular formula is C14H26N2O. The van der Waals surface area contributed by atoms with Crippen molar-refractivity contribution < 1.29 is 4.74 Å². The zero-order valence-electron chi connectivity index (χ0n) is 11.0. The Morgan fingerprint density at radius 2 is 1.71 bits per heavy atom. The molecule has 0 aromatic heterocycles. The van der Waals surface area contributed by atoms with Gasteiger partial charge in [-0.1, -0.05) is 6.42 Å². The molecule has 2 bridgehead atoms. The Hall–Kier alpha value is -0.120. The van der Waals surface area contributed by atoms with Crippen molar-refractivity contribution in [2.75, 3.05) is 20.3 Å². The number of fused-ring (bicyclic) bond motifs is 2. The van der Waals surface area contributed by atoms with E-state index < -0.39 is 0 Å². The van der Waals surface area contributed by atoms with Crippen molar-refractivity contribution in [2.24, 2.45) is 0 Å². The average molecular weight is 238 g/mol. The van der Waals surface area contributed by atoms with Crippen LogP contribution in [0, 0.1) is 0 Å². The van der Waals surface area contributed by atoms with Crippen LogP contribution in [0.1, 0.15) is 44.9 Å². The summed E-state index contributed by atoms with van der Waals surface area (Å²) in [5.74, 6) is 0. The summed E-state index contributed by atoms with van der Waals surface area (Å²) in [4.78, 5) is 2.84. The minimum absolute atomic E-state index is 0.719. The lowest BCUT2D eigenvalue weighted by Crippen LogP contribution is -2.60. The largest absolute Gasteiger partial charge is 0.380 e. The molecule has 17 heavy (non-hydrogen) atoms. The molecule has 3 heteroatoms. The molecule has 0 aromatic rings. The smallest absolute Gasteiger partial charge is 0.0622 e. The van der Waals surface area contributed by atoms with Crippen molar-refractivity contribution in [1.82, 2.24) is 10.2 Å². The summed E-state index contributed by atoms with van der Waals surface area (Å²) >= 11 is 0. The van der Waals surface area contributed by atoms with Gasteiger partial charge in [-0.25, -0.2) is 0 Å². The second-order valence-corrected chi connectivity index (χ2v) is 6.01. The van der Waals surface area contributed by atoms with E-state index in [9.17, 15) is 0 Å². The maximum atomic E-state index is 5.70. The number of nitrogens with zero attached hydrogens (tertiary/aromatic N) is 1. The van der Waals surface area contributed by atoms with Gasteiger partial charge >= 0.3 is 0 Å². The van der Waals surface area contributed by atoms with E-state index in [2.05, 4.69) is 17.3 Å². The number of piperidine rings is 2. The molecule has 3 unspecified atom stereocenters. The summed E-state index contributed by atoms with van der Waals surface area (Å²) < 4.78 is 5.70. The molecule has 0 radical (unpaired) electrons. The highest BCUT2D eigenvalue weighted by molar-refractivity contribution is 4.97. The Kier molecular flexibility index (Phi) is 3.69. The van der Waals surface area contributed by atoms with Crippen LogP contribution >= 0.6 is 0 Å². The van der Waals surface area contributed by atoms with E-state index in [1.165, 1.54) is 44.9 Å². The fourth-order valence-corrected chi connectivity index (χ4v) is 4.21. The van der Waals surface area contributed by atoms with Crippen LogP contribution in [0.2, 0.25) is 0 Å². The van der Waals surface area contributed by atoms with Crippen LogP contribution in [-0.4, -0.2) is 49.3 Å². The first-order valence-corrected chi connectivity index (χ1v) is 7.41. The molecule has 3 aliphatic rings. The van der Waals surface area contributed by atoms with E-state index >= 15 is 0 Å². The quantitative estimate of drug-likeness (QED) is 0.793. The first-order valence-electron chi connectivity index (χ1n) is 7.41. The van der Waals surface area contributed by atoms with Gasteiger partial charge in [0.1, 0.15) is 0 Å². The number of rotatable bonds is 2. The van der Waals surface area contributed by atoms with Crippen LogP contribution in [0.25, 0.3) is 0 Å². The first-order chi connectivity index (χ1) is 8.38. The molecule has 0 saturated carbocycles. The van der Waals surface area contributed by atoms with Crippen molar-refractivity contribution in [3.8, 4) is 0 Å². The normalized spacial score (nSPS) is 43.6. The highest BCUT2D eigenvalue weighted by Crippen LogP contribution is 2.37. The molecule has 3 heterocycles.